The number of rotatable bonds is 5. The summed E-state index contributed by atoms with van der Waals surface area (Å²) in [5, 5.41) is 10.1. The number of Topliss-reactive ketones (excluding diaryl/α,β-unsaturated/α-hetero) is 1. The number of ether oxygens (including phenoxy) is 1. The van der Waals surface area contributed by atoms with E-state index in [0.29, 0.717) is 0 Å². The van der Waals surface area contributed by atoms with Gasteiger partial charge in [0.1, 0.15) is 16.4 Å². The molecule has 7 heteroatoms. The molecule has 122 valence electrons. The molecule has 2 atom stereocenters. The topological polar surface area (TPSA) is 89.9 Å². The van der Waals surface area contributed by atoms with Crippen LogP contribution in [-0.4, -0.2) is 33.5 Å². The monoisotopic (exact) mass is 328 g/mol. The van der Waals surface area contributed by atoms with Gasteiger partial charge in [-0.25, -0.2) is 0 Å². The summed E-state index contributed by atoms with van der Waals surface area (Å²) >= 11 is 0. The lowest BCUT2D eigenvalue weighted by atomic mass is 9.89. The van der Waals surface area contributed by atoms with Crippen molar-refractivity contribution < 1.29 is 27.2 Å². The van der Waals surface area contributed by atoms with Crippen LogP contribution >= 0.6 is 0 Å². The zero-order chi connectivity index (χ0) is 16.5. The molecule has 1 aliphatic carbocycles. The third-order valence-corrected chi connectivity index (χ3v) is 5.53. The Bertz CT molecular complexity index is 680. The molecule has 0 spiro atoms. The first-order valence-corrected chi connectivity index (χ1v) is 8.48. The van der Waals surface area contributed by atoms with Crippen molar-refractivity contribution in [2.75, 3.05) is 14.2 Å². The fraction of sp³-hybridized carbons (Fsp3) is 0.533. The second-order valence-electron chi connectivity index (χ2n) is 5.52. The summed E-state index contributed by atoms with van der Waals surface area (Å²) in [6, 6.07) is 2.28. The molecule has 2 rings (SSSR count). The molecule has 6 nitrogen and oxygen atoms in total. The van der Waals surface area contributed by atoms with Crippen LogP contribution in [0.4, 0.5) is 0 Å². The normalized spacial score (nSPS) is 21.8. The molecule has 0 aliphatic heterocycles. The number of hydrogen-bond acceptors (Lipinski definition) is 6. The summed E-state index contributed by atoms with van der Waals surface area (Å²) in [5.74, 6) is -0.557. The van der Waals surface area contributed by atoms with E-state index in [-0.39, 0.29) is 39.6 Å². The lowest BCUT2D eigenvalue weighted by Crippen LogP contribution is -2.18. The third-order valence-electron chi connectivity index (χ3n) is 4.23. The Hall–Kier alpha value is -1.60. The standard InChI is InChI=1S/C15H20O6S/c1-9-5-4-6-10(9)15(17)11-7-14(22(18,19)21-3)13(20-2)8-12(11)16/h7-10,16H,4-6H2,1-3H3. The number of methoxy groups -OCH3 is 1. The highest BCUT2D eigenvalue weighted by atomic mass is 32.2. The average Bonchev–Trinajstić information content (AvgIpc) is 2.92. The predicted molar refractivity (Wildman–Crippen MR) is 79.7 cm³/mol. The third kappa shape index (κ3) is 2.96. The number of carbonyl (C=O) groups is 1. The van der Waals surface area contributed by atoms with E-state index in [4.69, 9.17) is 4.74 Å². The number of ketones is 1. The second kappa shape index (κ2) is 6.26. The minimum atomic E-state index is -4.04. The van der Waals surface area contributed by atoms with Gasteiger partial charge in [0.05, 0.1) is 19.8 Å². The van der Waals surface area contributed by atoms with Gasteiger partial charge in [0.2, 0.25) is 0 Å². The number of aromatic hydroxyl groups is 1. The van der Waals surface area contributed by atoms with Gasteiger partial charge in [0.25, 0.3) is 10.1 Å². The van der Waals surface area contributed by atoms with Crippen molar-refractivity contribution in [1.82, 2.24) is 0 Å². The van der Waals surface area contributed by atoms with Gasteiger partial charge in [0.15, 0.2) is 5.78 Å². The molecule has 1 N–H and O–H groups in total. The largest absolute Gasteiger partial charge is 0.507 e. The van der Waals surface area contributed by atoms with E-state index >= 15 is 0 Å². The Morgan fingerprint density at radius 3 is 2.45 bits per heavy atom. The number of phenols is 1. The number of phenolic OH excluding ortho intramolecular Hbond substituents is 1. The second-order valence-corrected chi connectivity index (χ2v) is 7.20. The Labute approximate surface area is 130 Å². The summed E-state index contributed by atoms with van der Waals surface area (Å²) in [6.07, 6.45) is 2.66. The summed E-state index contributed by atoms with van der Waals surface area (Å²) in [4.78, 5) is 12.3. The Morgan fingerprint density at radius 2 is 1.95 bits per heavy atom. The van der Waals surface area contributed by atoms with Crippen molar-refractivity contribution >= 4 is 15.9 Å². The van der Waals surface area contributed by atoms with Gasteiger partial charge in [-0.05, 0) is 24.8 Å². The molecule has 2 unspecified atom stereocenters. The van der Waals surface area contributed by atoms with E-state index in [2.05, 4.69) is 4.18 Å². The van der Waals surface area contributed by atoms with Crippen molar-refractivity contribution in [1.29, 1.82) is 0 Å². The van der Waals surface area contributed by atoms with Crippen molar-refractivity contribution in [3.05, 3.63) is 17.7 Å². The smallest absolute Gasteiger partial charge is 0.300 e. The maximum atomic E-state index is 12.6. The summed E-state index contributed by atoms with van der Waals surface area (Å²) < 4.78 is 33.4. The van der Waals surface area contributed by atoms with E-state index in [1.54, 1.807) is 0 Å². The van der Waals surface area contributed by atoms with Gasteiger partial charge in [-0.1, -0.05) is 13.3 Å². The van der Waals surface area contributed by atoms with Gasteiger partial charge >= 0.3 is 0 Å². The summed E-state index contributed by atoms with van der Waals surface area (Å²) in [7, 11) is -1.73. The molecule has 0 heterocycles. The van der Waals surface area contributed by atoms with Crippen molar-refractivity contribution in [3.63, 3.8) is 0 Å². The minimum Gasteiger partial charge on any atom is -0.507 e. The molecule has 0 radical (unpaired) electrons. The molecule has 0 saturated heterocycles. The Kier molecular flexibility index (Phi) is 4.77. The van der Waals surface area contributed by atoms with E-state index in [1.807, 2.05) is 6.92 Å². The van der Waals surface area contributed by atoms with Crippen LogP contribution in [0.1, 0.15) is 36.5 Å². The van der Waals surface area contributed by atoms with Crippen molar-refractivity contribution in [3.8, 4) is 11.5 Å². The van der Waals surface area contributed by atoms with Gasteiger partial charge in [-0.15, -0.1) is 0 Å². The molecule has 22 heavy (non-hydrogen) atoms. The minimum absolute atomic E-state index is 0.00447. The SMILES string of the molecule is COc1cc(O)c(C(=O)C2CCCC2C)cc1S(=O)(=O)OC. The molecular formula is C15H20O6S. The van der Waals surface area contributed by atoms with Crippen LogP contribution in [0.5, 0.6) is 11.5 Å². The van der Waals surface area contributed by atoms with Gasteiger partial charge in [0, 0.05) is 12.0 Å². The lowest BCUT2D eigenvalue weighted by Gasteiger charge is -2.16. The molecule has 1 fully saturated rings. The zero-order valence-electron chi connectivity index (χ0n) is 12.8. The van der Waals surface area contributed by atoms with Crippen LogP contribution in [0, 0.1) is 11.8 Å². The Balaban J connectivity index is 2.53. The van der Waals surface area contributed by atoms with Crippen LogP contribution in [0.2, 0.25) is 0 Å². The maximum absolute atomic E-state index is 12.6. The molecule has 1 aromatic rings. The van der Waals surface area contributed by atoms with Crippen LogP contribution in [0.3, 0.4) is 0 Å². The molecule has 1 aromatic carbocycles. The lowest BCUT2D eigenvalue weighted by molar-refractivity contribution is 0.0894. The molecule has 1 saturated carbocycles. The quantitative estimate of drug-likeness (QED) is 0.659. The molecular weight excluding hydrogens is 308 g/mol. The van der Waals surface area contributed by atoms with Crippen molar-refractivity contribution in [2.24, 2.45) is 11.8 Å². The van der Waals surface area contributed by atoms with Crippen molar-refractivity contribution in [2.45, 2.75) is 31.1 Å². The molecule has 0 aromatic heterocycles. The van der Waals surface area contributed by atoms with Gasteiger partial charge in [-0.2, -0.15) is 8.42 Å². The number of hydrogen-bond donors (Lipinski definition) is 1. The van der Waals surface area contributed by atoms with Crippen LogP contribution in [-0.2, 0) is 14.3 Å². The highest BCUT2D eigenvalue weighted by Gasteiger charge is 2.33. The highest BCUT2D eigenvalue weighted by Crippen LogP contribution is 2.38. The van der Waals surface area contributed by atoms with Crippen LogP contribution < -0.4 is 4.74 Å². The van der Waals surface area contributed by atoms with Crippen LogP contribution in [0.15, 0.2) is 17.0 Å². The molecule has 0 bridgehead atoms. The number of benzene rings is 1. The summed E-state index contributed by atoms with van der Waals surface area (Å²) in [5.41, 5.74) is -0.00447. The number of carbonyl (C=O) groups excluding carboxylic acids is 1. The Morgan fingerprint density at radius 1 is 1.27 bits per heavy atom. The van der Waals surface area contributed by atoms with Gasteiger partial charge in [-0.3, -0.25) is 8.98 Å². The molecule has 1 aliphatic rings. The van der Waals surface area contributed by atoms with E-state index in [9.17, 15) is 18.3 Å². The average molecular weight is 328 g/mol. The van der Waals surface area contributed by atoms with E-state index in [0.717, 1.165) is 38.5 Å². The highest BCUT2D eigenvalue weighted by molar-refractivity contribution is 7.86. The fourth-order valence-corrected chi connectivity index (χ4v) is 3.76. The molecule has 0 amide bonds. The maximum Gasteiger partial charge on any atom is 0.300 e. The van der Waals surface area contributed by atoms with E-state index < -0.39 is 10.1 Å². The predicted octanol–water partition coefficient (Wildman–Crippen LogP) is 2.35. The fourth-order valence-electron chi connectivity index (χ4n) is 2.93. The first kappa shape index (κ1) is 16.8. The first-order chi connectivity index (χ1) is 10.3. The summed E-state index contributed by atoms with van der Waals surface area (Å²) in [6.45, 7) is 1.99. The zero-order valence-corrected chi connectivity index (χ0v) is 13.6. The van der Waals surface area contributed by atoms with Gasteiger partial charge < -0.3 is 9.84 Å². The van der Waals surface area contributed by atoms with Crippen LogP contribution in [0.25, 0.3) is 0 Å². The van der Waals surface area contributed by atoms with E-state index in [1.165, 1.54) is 7.11 Å². The first-order valence-electron chi connectivity index (χ1n) is 7.07.